The minimum atomic E-state index is 0.109. The van der Waals surface area contributed by atoms with Crippen molar-refractivity contribution >= 4 is 5.91 Å². The topological polar surface area (TPSA) is 55.6 Å². The molecule has 2 fully saturated rings. The second-order valence-corrected chi connectivity index (χ2v) is 3.56. The van der Waals surface area contributed by atoms with Gasteiger partial charge in [0.2, 0.25) is 5.91 Å². The molecule has 2 rings (SSSR count). The number of hydrogen-bond acceptors (Lipinski definition) is 3. The molecule has 0 spiro atoms. The number of carbonyl (C=O) groups excluding carboxylic acids is 1. The molecule has 1 atom stereocenters. The highest BCUT2D eigenvalue weighted by atomic mass is 16.5. The van der Waals surface area contributed by atoms with Crippen LogP contribution in [0.1, 0.15) is 6.42 Å². The molecule has 0 aliphatic carbocycles. The van der Waals surface area contributed by atoms with Crippen molar-refractivity contribution < 1.29 is 9.53 Å². The smallest absolute Gasteiger partial charge is 0.228 e. The monoisotopic (exact) mass is 170 g/mol. The lowest BCUT2D eigenvalue weighted by atomic mass is 10.0. The first kappa shape index (κ1) is 8.01. The maximum atomic E-state index is 11.6. The molecule has 4 heteroatoms. The van der Waals surface area contributed by atoms with Gasteiger partial charge in [-0.1, -0.05) is 0 Å². The number of carbonyl (C=O) groups is 1. The van der Waals surface area contributed by atoms with Crippen LogP contribution in [0, 0.1) is 5.92 Å². The van der Waals surface area contributed by atoms with E-state index in [4.69, 9.17) is 10.5 Å². The third kappa shape index (κ3) is 1.32. The van der Waals surface area contributed by atoms with Crippen LogP contribution >= 0.6 is 0 Å². The first-order chi connectivity index (χ1) is 5.77. The zero-order valence-corrected chi connectivity index (χ0v) is 7.03. The fourth-order valence-electron chi connectivity index (χ4n) is 1.68. The summed E-state index contributed by atoms with van der Waals surface area (Å²) in [6.07, 6.45) is 0.880. The van der Waals surface area contributed by atoms with E-state index in [9.17, 15) is 4.79 Å². The molecule has 2 aliphatic rings. The van der Waals surface area contributed by atoms with Gasteiger partial charge in [-0.25, -0.2) is 0 Å². The summed E-state index contributed by atoms with van der Waals surface area (Å²) in [5.74, 6) is 0.340. The molecule has 1 unspecified atom stereocenters. The Morgan fingerprint density at radius 2 is 2.25 bits per heavy atom. The van der Waals surface area contributed by atoms with Crippen LogP contribution in [0.5, 0.6) is 0 Å². The lowest BCUT2D eigenvalue weighted by Crippen LogP contribution is -2.59. The number of hydrogen-bond donors (Lipinski definition) is 1. The van der Waals surface area contributed by atoms with Gasteiger partial charge in [-0.15, -0.1) is 0 Å². The normalized spacial score (nSPS) is 30.4. The van der Waals surface area contributed by atoms with Crippen LogP contribution in [0.15, 0.2) is 0 Å². The zero-order valence-electron chi connectivity index (χ0n) is 7.03. The summed E-state index contributed by atoms with van der Waals surface area (Å²) in [7, 11) is 0. The van der Waals surface area contributed by atoms with E-state index in [0.29, 0.717) is 6.61 Å². The standard InChI is InChI=1S/C8H14N2O2/c9-7-3-10(4-7)8(11)6-1-2-12-5-6/h6-7H,1-5,9H2. The molecular weight excluding hydrogens is 156 g/mol. The van der Waals surface area contributed by atoms with Gasteiger partial charge >= 0.3 is 0 Å². The van der Waals surface area contributed by atoms with E-state index in [2.05, 4.69) is 0 Å². The first-order valence-corrected chi connectivity index (χ1v) is 4.39. The van der Waals surface area contributed by atoms with E-state index in [1.165, 1.54) is 0 Å². The Morgan fingerprint density at radius 1 is 1.50 bits per heavy atom. The summed E-state index contributed by atoms with van der Waals surface area (Å²) < 4.78 is 5.15. The number of amides is 1. The second kappa shape index (κ2) is 3.03. The Hall–Kier alpha value is -0.610. The summed E-state index contributed by atoms with van der Waals surface area (Å²) in [5, 5.41) is 0. The van der Waals surface area contributed by atoms with Gasteiger partial charge in [-0.3, -0.25) is 4.79 Å². The van der Waals surface area contributed by atoms with Crippen molar-refractivity contribution in [1.82, 2.24) is 4.90 Å². The fourth-order valence-corrected chi connectivity index (χ4v) is 1.68. The lowest BCUT2D eigenvalue weighted by molar-refractivity contribution is -0.139. The van der Waals surface area contributed by atoms with Crippen molar-refractivity contribution in [3.05, 3.63) is 0 Å². The number of rotatable bonds is 1. The Labute approximate surface area is 71.7 Å². The van der Waals surface area contributed by atoms with E-state index in [1.54, 1.807) is 0 Å². The molecule has 0 aromatic heterocycles. The quantitative estimate of drug-likeness (QED) is 0.560. The highest BCUT2D eigenvalue weighted by Gasteiger charge is 2.33. The summed E-state index contributed by atoms with van der Waals surface area (Å²) in [5.41, 5.74) is 5.58. The molecular formula is C8H14N2O2. The predicted molar refractivity (Wildman–Crippen MR) is 43.5 cm³/mol. The highest BCUT2D eigenvalue weighted by molar-refractivity contribution is 5.80. The molecule has 2 N–H and O–H groups in total. The molecule has 0 saturated carbocycles. The van der Waals surface area contributed by atoms with Crippen LogP contribution in [0.25, 0.3) is 0 Å². The molecule has 68 valence electrons. The van der Waals surface area contributed by atoms with E-state index in [1.807, 2.05) is 4.90 Å². The van der Waals surface area contributed by atoms with Crippen molar-refractivity contribution in [2.45, 2.75) is 12.5 Å². The van der Waals surface area contributed by atoms with Crippen molar-refractivity contribution in [2.75, 3.05) is 26.3 Å². The van der Waals surface area contributed by atoms with E-state index >= 15 is 0 Å². The Balaban J connectivity index is 1.83. The number of nitrogens with zero attached hydrogens (tertiary/aromatic N) is 1. The SMILES string of the molecule is NC1CN(C(=O)C2CCOC2)C1. The van der Waals surface area contributed by atoms with Gasteiger partial charge < -0.3 is 15.4 Å². The number of ether oxygens (including phenoxy) is 1. The van der Waals surface area contributed by atoms with Gasteiger partial charge in [0.25, 0.3) is 0 Å². The maximum Gasteiger partial charge on any atom is 0.228 e. The van der Waals surface area contributed by atoms with Crippen molar-refractivity contribution in [2.24, 2.45) is 11.7 Å². The van der Waals surface area contributed by atoms with E-state index in [-0.39, 0.29) is 17.9 Å². The summed E-state index contributed by atoms with van der Waals surface area (Å²) in [4.78, 5) is 13.4. The van der Waals surface area contributed by atoms with Gasteiger partial charge in [0.1, 0.15) is 0 Å². The first-order valence-electron chi connectivity index (χ1n) is 4.39. The minimum absolute atomic E-state index is 0.109. The van der Waals surface area contributed by atoms with Crippen LogP contribution in [0.3, 0.4) is 0 Å². The van der Waals surface area contributed by atoms with Gasteiger partial charge in [-0.05, 0) is 6.42 Å². The van der Waals surface area contributed by atoms with E-state index in [0.717, 1.165) is 26.1 Å². The van der Waals surface area contributed by atoms with Crippen LogP contribution in [-0.2, 0) is 9.53 Å². The van der Waals surface area contributed by atoms with Gasteiger partial charge in [0.15, 0.2) is 0 Å². The maximum absolute atomic E-state index is 11.6. The molecule has 0 radical (unpaired) electrons. The average molecular weight is 170 g/mol. The third-order valence-electron chi connectivity index (χ3n) is 2.50. The van der Waals surface area contributed by atoms with Crippen LogP contribution < -0.4 is 5.73 Å². The van der Waals surface area contributed by atoms with Crippen LogP contribution in [-0.4, -0.2) is 43.2 Å². The Morgan fingerprint density at radius 3 is 2.75 bits per heavy atom. The fraction of sp³-hybridized carbons (Fsp3) is 0.875. The van der Waals surface area contributed by atoms with Gasteiger partial charge in [0.05, 0.1) is 12.5 Å². The average Bonchev–Trinajstić information content (AvgIpc) is 2.49. The summed E-state index contributed by atoms with van der Waals surface area (Å²) >= 11 is 0. The highest BCUT2D eigenvalue weighted by Crippen LogP contribution is 2.18. The number of likely N-dealkylation sites (tertiary alicyclic amines) is 1. The van der Waals surface area contributed by atoms with Crippen LogP contribution in [0.2, 0.25) is 0 Å². The van der Waals surface area contributed by atoms with Crippen molar-refractivity contribution in [1.29, 1.82) is 0 Å². The molecule has 2 aliphatic heterocycles. The van der Waals surface area contributed by atoms with Gasteiger partial charge in [-0.2, -0.15) is 0 Å². The molecule has 1 amide bonds. The molecule has 0 aromatic carbocycles. The van der Waals surface area contributed by atoms with Crippen molar-refractivity contribution in [3.63, 3.8) is 0 Å². The van der Waals surface area contributed by atoms with Gasteiger partial charge in [0, 0.05) is 25.7 Å². The summed E-state index contributed by atoms with van der Waals surface area (Å²) in [6, 6.07) is 0.205. The molecule has 4 nitrogen and oxygen atoms in total. The zero-order chi connectivity index (χ0) is 8.55. The number of nitrogens with two attached hydrogens (primary N) is 1. The molecule has 2 saturated heterocycles. The Bertz CT molecular complexity index is 183. The lowest BCUT2D eigenvalue weighted by Gasteiger charge is -2.38. The molecule has 2 heterocycles. The largest absolute Gasteiger partial charge is 0.381 e. The minimum Gasteiger partial charge on any atom is -0.381 e. The summed E-state index contributed by atoms with van der Waals surface area (Å²) in [6.45, 7) is 2.80. The molecule has 0 bridgehead atoms. The van der Waals surface area contributed by atoms with Crippen molar-refractivity contribution in [3.8, 4) is 0 Å². The molecule has 0 aromatic rings. The molecule has 12 heavy (non-hydrogen) atoms. The Kier molecular flexibility index (Phi) is 2.02. The third-order valence-corrected chi connectivity index (χ3v) is 2.50. The van der Waals surface area contributed by atoms with E-state index < -0.39 is 0 Å². The predicted octanol–water partition coefficient (Wildman–Crippen LogP) is -0.808. The van der Waals surface area contributed by atoms with Crippen LogP contribution in [0.4, 0.5) is 0 Å². The second-order valence-electron chi connectivity index (χ2n) is 3.56.